The lowest BCUT2D eigenvalue weighted by Crippen LogP contribution is -2.34. The molecule has 158 valence electrons. The van der Waals surface area contributed by atoms with Crippen LogP contribution in [0.5, 0.6) is 5.75 Å². The van der Waals surface area contributed by atoms with Crippen molar-refractivity contribution >= 4 is 5.91 Å². The Kier molecular flexibility index (Phi) is 6.17. The van der Waals surface area contributed by atoms with E-state index >= 15 is 0 Å². The van der Waals surface area contributed by atoms with Crippen molar-refractivity contribution < 1.29 is 13.9 Å². The SMILES string of the molecule is COc1ccc(-n2nc(-c3ccco3)cc2C(=O)N[C@@H](C)CCc2ccccc2)cc1. The molecule has 4 rings (SSSR count). The molecule has 0 saturated carbocycles. The molecule has 2 aromatic carbocycles. The Morgan fingerprint density at radius 3 is 2.55 bits per heavy atom. The fourth-order valence-electron chi connectivity index (χ4n) is 3.41. The number of nitrogens with one attached hydrogen (secondary N) is 1. The molecule has 6 nitrogen and oxygen atoms in total. The number of benzene rings is 2. The van der Waals surface area contributed by atoms with Gasteiger partial charge in [0.1, 0.15) is 17.1 Å². The molecular formula is C25H25N3O3. The summed E-state index contributed by atoms with van der Waals surface area (Å²) in [4.78, 5) is 13.1. The average molecular weight is 415 g/mol. The quantitative estimate of drug-likeness (QED) is 0.445. The highest BCUT2D eigenvalue weighted by molar-refractivity contribution is 5.94. The largest absolute Gasteiger partial charge is 0.497 e. The van der Waals surface area contributed by atoms with Gasteiger partial charge in [0.05, 0.1) is 19.1 Å². The zero-order valence-corrected chi connectivity index (χ0v) is 17.6. The molecule has 0 spiro atoms. The van der Waals surface area contributed by atoms with E-state index in [0.717, 1.165) is 24.3 Å². The van der Waals surface area contributed by atoms with Crippen LogP contribution in [0.25, 0.3) is 17.1 Å². The molecule has 6 heteroatoms. The molecule has 1 amide bonds. The number of ether oxygens (including phenoxy) is 1. The third-order valence-corrected chi connectivity index (χ3v) is 5.12. The van der Waals surface area contributed by atoms with Crippen LogP contribution in [0.1, 0.15) is 29.4 Å². The Bertz CT molecular complexity index is 1120. The van der Waals surface area contributed by atoms with Crippen LogP contribution in [0.15, 0.2) is 83.5 Å². The van der Waals surface area contributed by atoms with Crippen molar-refractivity contribution in [2.24, 2.45) is 0 Å². The van der Waals surface area contributed by atoms with Gasteiger partial charge in [0.2, 0.25) is 0 Å². The van der Waals surface area contributed by atoms with Gasteiger partial charge >= 0.3 is 0 Å². The summed E-state index contributed by atoms with van der Waals surface area (Å²) in [6.07, 6.45) is 3.34. The van der Waals surface area contributed by atoms with Crippen LogP contribution in [0, 0.1) is 0 Å². The van der Waals surface area contributed by atoms with E-state index in [1.807, 2.05) is 55.5 Å². The fourth-order valence-corrected chi connectivity index (χ4v) is 3.41. The molecule has 0 bridgehead atoms. The summed E-state index contributed by atoms with van der Waals surface area (Å²) >= 11 is 0. The normalized spacial score (nSPS) is 11.8. The summed E-state index contributed by atoms with van der Waals surface area (Å²) < 4.78 is 12.4. The molecule has 0 unspecified atom stereocenters. The second kappa shape index (κ2) is 9.34. The van der Waals surface area contributed by atoms with E-state index < -0.39 is 0 Å². The summed E-state index contributed by atoms with van der Waals surface area (Å²) in [5.41, 5.74) is 3.07. The predicted molar refractivity (Wildman–Crippen MR) is 120 cm³/mol. The first-order chi connectivity index (χ1) is 15.1. The zero-order valence-electron chi connectivity index (χ0n) is 17.6. The molecule has 1 atom stereocenters. The van der Waals surface area contributed by atoms with Gasteiger partial charge in [-0.1, -0.05) is 30.3 Å². The van der Waals surface area contributed by atoms with Gasteiger partial charge in [-0.2, -0.15) is 5.10 Å². The van der Waals surface area contributed by atoms with Crippen LogP contribution < -0.4 is 10.1 Å². The Morgan fingerprint density at radius 2 is 1.87 bits per heavy atom. The minimum atomic E-state index is -0.179. The standard InChI is InChI=1S/C25H25N3O3/c1-18(10-11-19-7-4-3-5-8-19)26-25(29)23-17-22(24-9-6-16-31-24)27-28(23)20-12-14-21(30-2)15-13-20/h3-9,12-18H,10-11H2,1-2H3,(H,26,29)/t18-/m0/s1. The number of rotatable bonds is 8. The highest BCUT2D eigenvalue weighted by Gasteiger charge is 2.20. The van der Waals surface area contributed by atoms with Crippen LogP contribution in [0.4, 0.5) is 0 Å². The number of methoxy groups -OCH3 is 1. The van der Waals surface area contributed by atoms with Crippen molar-refractivity contribution in [1.29, 1.82) is 0 Å². The Balaban J connectivity index is 1.55. The van der Waals surface area contributed by atoms with Crippen molar-refractivity contribution in [2.45, 2.75) is 25.8 Å². The number of hydrogen-bond donors (Lipinski definition) is 1. The molecule has 0 aliphatic carbocycles. The highest BCUT2D eigenvalue weighted by Crippen LogP contribution is 2.23. The number of carbonyl (C=O) groups excluding carboxylic acids is 1. The number of aromatic nitrogens is 2. The van der Waals surface area contributed by atoms with E-state index in [2.05, 4.69) is 22.5 Å². The number of aryl methyl sites for hydroxylation is 1. The molecule has 1 N–H and O–H groups in total. The van der Waals surface area contributed by atoms with Gasteiger partial charge < -0.3 is 14.5 Å². The van der Waals surface area contributed by atoms with E-state index in [0.29, 0.717) is 17.1 Å². The maximum Gasteiger partial charge on any atom is 0.270 e. The van der Waals surface area contributed by atoms with Gasteiger partial charge in [-0.15, -0.1) is 0 Å². The first-order valence-corrected chi connectivity index (χ1v) is 10.3. The third kappa shape index (κ3) is 4.86. The molecule has 0 aliphatic heterocycles. The van der Waals surface area contributed by atoms with Crippen LogP contribution >= 0.6 is 0 Å². The van der Waals surface area contributed by atoms with Gasteiger partial charge in [-0.05, 0) is 61.7 Å². The van der Waals surface area contributed by atoms with Gasteiger partial charge in [-0.25, -0.2) is 4.68 Å². The maximum atomic E-state index is 13.1. The predicted octanol–water partition coefficient (Wildman–Crippen LogP) is 4.89. The lowest BCUT2D eigenvalue weighted by Gasteiger charge is -2.15. The molecule has 2 heterocycles. The summed E-state index contributed by atoms with van der Waals surface area (Å²) in [5.74, 6) is 1.17. The second-order valence-electron chi connectivity index (χ2n) is 7.40. The fraction of sp³-hybridized carbons (Fsp3) is 0.200. The molecule has 0 aliphatic rings. The molecule has 31 heavy (non-hydrogen) atoms. The first kappa shape index (κ1) is 20.5. The van der Waals surface area contributed by atoms with Crippen molar-refractivity contribution in [3.63, 3.8) is 0 Å². The van der Waals surface area contributed by atoms with Gasteiger partial charge in [0.25, 0.3) is 5.91 Å². The lowest BCUT2D eigenvalue weighted by atomic mass is 10.1. The van der Waals surface area contributed by atoms with Crippen molar-refractivity contribution in [3.05, 3.63) is 90.3 Å². The number of nitrogens with zero attached hydrogens (tertiary/aromatic N) is 2. The van der Waals surface area contributed by atoms with E-state index in [1.54, 1.807) is 30.2 Å². The van der Waals surface area contributed by atoms with Crippen LogP contribution in [-0.4, -0.2) is 28.8 Å². The average Bonchev–Trinajstić information content (AvgIpc) is 3.48. The second-order valence-corrected chi connectivity index (χ2v) is 7.40. The minimum Gasteiger partial charge on any atom is -0.497 e. The molecule has 0 radical (unpaired) electrons. The van der Waals surface area contributed by atoms with Gasteiger partial charge in [-0.3, -0.25) is 4.79 Å². The topological polar surface area (TPSA) is 69.3 Å². The summed E-state index contributed by atoms with van der Waals surface area (Å²) in [6, 6.07) is 23.1. The van der Waals surface area contributed by atoms with Crippen LogP contribution in [0.2, 0.25) is 0 Å². The Labute approximate surface area is 181 Å². The van der Waals surface area contributed by atoms with Gasteiger partial charge in [0.15, 0.2) is 5.76 Å². The Morgan fingerprint density at radius 1 is 1.10 bits per heavy atom. The van der Waals surface area contributed by atoms with Crippen LogP contribution in [0.3, 0.4) is 0 Å². The monoisotopic (exact) mass is 415 g/mol. The molecule has 0 fully saturated rings. The van der Waals surface area contributed by atoms with E-state index in [1.165, 1.54) is 5.56 Å². The third-order valence-electron chi connectivity index (χ3n) is 5.12. The van der Waals surface area contributed by atoms with Gasteiger partial charge in [0, 0.05) is 12.1 Å². The summed E-state index contributed by atoms with van der Waals surface area (Å²) in [7, 11) is 1.62. The zero-order chi connectivity index (χ0) is 21.6. The van der Waals surface area contributed by atoms with Crippen molar-refractivity contribution in [1.82, 2.24) is 15.1 Å². The summed E-state index contributed by atoms with van der Waals surface area (Å²) in [5, 5.41) is 7.72. The first-order valence-electron chi connectivity index (χ1n) is 10.3. The van der Waals surface area contributed by atoms with Crippen molar-refractivity contribution in [3.8, 4) is 22.9 Å². The number of carbonyl (C=O) groups is 1. The Hall–Kier alpha value is -3.80. The highest BCUT2D eigenvalue weighted by atomic mass is 16.5. The smallest absolute Gasteiger partial charge is 0.270 e. The summed E-state index contributed by atoms with van der Waals surface area (Å²) in [6.45, 7) is 2.02. The maximum absolute atomic E-state index is 13.1. The van der Waals surface area contributed by atoms with E-state index in [-0.39, 0.29) is 11.9 Å². The molecule has 2 aromatic heterocycles. The molecule has 0 saturated heterocycles. The number of furan rings is 1. The molecule has 4 aromatic rings. The van der Waals surface area contributed by atoms with E-state index in [4.69, 9.17) is 9.15 Å². The van der Waals surface area contributed by atoms with Crippen LogP contribution in [-0.2, 0) is 6.42 Å². The lowest BCUT2D eigenvalue weighted by molar-refractivity contribution is 0.0930. The van der Waals surface area contributed by atoms with E-state index in [9.17, 15) is 4.79 Å². The number of amides is 1. The minimum absolute atomic E-state index is 0.0130. The number of hydrogen-bond acceptors (Lipinski definition) is 4. The van der Waals surface area contributed by atoms with Crippen molar-refractivity contribution in [2.75, 3.05) is 7.11 Å². The molecular weight excluding hydrogens is 390 g/mol.